The number of rotatable bonds is 7. The number of aryl methyl sites for hydroxylation is 2. The Bertz CT molecular complexity index is 1010. The lowest BCUT2D eigenvalue weighted by atomic mass is 10.1. The van der Waals surface area contributed by atoms with Crippen molar-refractivity contribution in [2.24, 2.45) is 0 Å². The second-order valence-corrected chi connectivity index (χ2v) is 6.04. The Kier molecular flexibility index (Phi) is 5.69. The van der Waals surface area contributed by atoms with Gasteiger partial charge in [0.05, 0.1) is 17.2 Å². The Morgan fingerprint density at radius 3 is 2.61 bits per heavy atom. The number of hydrogen-bond donors (Lipinski definition) is 1. The normalized spacial score (nSPS) is 10.4. The van der Waals surface area contributed by atoms with Crippen LogP contribution in [0, 0.1) is 24.0 Å². The van der Waals surface area contributed by atoms with Crippen LogP contribution in [0.15, 0.2) is 48.8 Å². The van der Waals surface area contributed by atoms with E-state index in [-0.39, 0.29) is 17.4 Å². The van der Waals surface area contributed by atoms with Gasteiger partial charge in [0, 0.05) is 0 Å². The average Bonchev–Trinajstić information content (AvgIpc) is 2.66. The van der Waals surface area contributed by atoms with Gasteiger partial charge in [0.2, 0.25) is 5.82 Å². The Labute approximate surface area is 162 Å². The Hall–Kier alpha value is -3.68. The van der Waals surface area contributed by atoms with Gasteiger partial charge >= 0.3 is 11.6 Å². The van der Waals surface area contributed by atoms with Crippen molar-refractivity contribution in [2.75, 3.05) is 11.9 Å². The molecule has 144 valence electrons. The van der Waals surface area contributed by atoms with Crippen molar-refractivity contribution < 1.29 is 14.4 Å². The van der Waals surface area contributed by atoms with Crippen LogP contribution < -0.4 is 14.8 Å². The summed E-state index contributed by atoms with van der Waals surface area (Å²) < 4.78 is 11.3. The highest BCUT2D eigenvalue weighted by atomic mass is 16.6. The lowest BCUT2D eigenvalue weighted by molar-refractivity contribution is -0.385. The van der Waals surface area contributed by atoms with Gasteiger partial charge in [0.25, 0.3) is 0 Å². The topological polar surface area (TPSA) is 99.4 Å². The summed E-state index contributed by atoms with van der Waals surface area (Å²) in [5.41, 5.74) is 2.31. The lowest BCUT2D eigenvalue weighted by Gasteiger charge is -2.13. The van der Waals surface area contributed by atoms with Crippen molar-refractivity contribution in [3.8, 4) is 17.4 Å². The molecule has 28 heavy (non-hydrogen) atoms. The quantitative estimate of drug-likeness (QED) is 0.458. The number of hydrogen-bond acceptors (Lipinski definition) is 7. The minimum absolute atomic E-state index is 0.0194. The van der Waals surface area contributed by atoms with Crippen molar-refractivity contribution in [1.29, 1.82) is 0 Å². The standard InChI is InChI=1S/C20H20N4O4/c1-4-27-17-8-6-5-7-16(17)23-19-18(24(25)26)20(22-12-21-19)28-15-10-9-13(2)14(3)11-15/h5-12H,4H2,1-3H3,(H,21,22,23). The van der Waals surface area contributed by atoms with Crippen LogP contribution in [0.2, 0.25) is 0 Å². The molecular weight excluding hydrogens is 360 g/mol. The maximum absolute atomic E-state index is 11.7. The van der Waals surface area contributed by atoms with Crippen LogP contribution >= 0.6 is 0 Å². The highest BCUT2D eigenvalue weighted by molar-refractivity contribution is 5.72. The SMILES string of the molecule is CCOc1ccccc1Nc1ncnc(Oc2ccc(C)c(C)c2)c1[N+](=O)[O-]. The molecule has 0 aliphatic heterocycles. The maximum atomic E-state index is 11.7. The minimum atomic E-state index is -0.567. The number of benzene rings is 2. The predicted octanol–water partition coefficient (Wildman–Crippen LogP) is 4.94. The van der Waals surface area contributed by atoms with Gasteiger partial charge in [0.15, 0.2) is 0 Å². The summed E-state index contributed by atoms with van der Waals surface area (Å²) in [5, 5.41) is 14.7. The number of nitro groups is 1. The molecule has 0 radical (unpaired) electrons. The van der Waals surface area contributed by atoms with E-state index in [0.717, 1.165) is 11.1 Å². The Morgan fingerprint density at radius 1 is 1.11 bits per heavy atom. The fraction of sp³-hybridized carbons (Fsp3) is 0.200. The highest BCUT2D eigenvalue weighted by Crippen LogP contribution is 2.37. The zero-order valence-corrected chi connectivity index (χ0v) is 15.8. The summed E-state index contributed by atoms with van der Waals surface area (Å²) in [5.74, 6) is 0.908. The molecule has 2 aromatic carbocycles. The number of para-hydroxylation sites is 2. The Morgan fingerprint density at radius 2 is 1.89 bits per heavy atom. The second kappa shape index (κ2) is 8.34. The first kappa shape index (κ1) is 19.1. The molecule has 3 rings (SSSR count). The first-order valence-electron chi connectivity index (χ1n) is 8.73. The first-order valence-corrected chi connectivity index (χ1v) is 8.73. The van der Waals surface area contributed by atoms with E-state index in [9.17, 15) is 10.1 Å². The molecule has 8 heteroatoms. The van der Waals surface area contributed by atoms with Crippen LogP contribution in [0.4, 0.5) is 17.2 Å². The van der Waals surface area contributed by atoms with Gasteiger partial charge in [-0.1, -0.05) is 18.2 Å². The number of nitrogens with zero attached hydrogens (tertiary/aromatic N) is 3. The summed E-state index contributed by atoms with van der Waals surface area (Å²) in [6, 6.07) is 12.6. The van der Waals surface area contributed by atoms with Gasteiger partial charge in [0.1, 0.15) is 17.8 Å². The number of anilines is 2. The smallest absolute Gasteiger partial charge is 0.373 e. The van der Waals surface area contributed by atoms with Crippen molar-refractivity contribution in [3.05, 3.63) is 70.0 Å². The van der Waals surface area contributed by atoms with E-state index in [1.165, 1.54) is 6.33 Å². The zero-order valence-electron chi connectivity index (χ0n) is 15.8. The molecule has 0 aliphatic carbocycles. The van der Waals surface area contributed by atoms with Gasteiger partial charge in [-0.3, -0.25) is 10.1 Å². The molecule has 8 nitrogen and oxygen atoms in total. The number of aromatic nitrogens is 2. The summed E-state index contributed by atoms with van der Waals surface area (Å²) >= 11 is 0. The molecule has 0 atom stereocenters. The fourth-order valence-electron chi connectivity index (χ4n) is 2.56. The van der Waals surface area contributed by atoms with E-state index >= 15 is 0 Å². The fourth-order valence-corrected chi connectivity index (χ4v) is 2.56. The van der Waals surface area contributed by atoms with Crippen molar-refractivity contribution in [3.63, 3.8) is 0 Å². The van der Waals surface area contributed by atoms with Crippen LogP contribution in [0.5, 0.6) is 17.4 Å². The summed E-state index contributed by atoms with van der Waals surface area (Å²) in [6.07, 6.45) is 1.22. The van der Waals surface area contributed by atoms with Crippen LogP contribution in [0.25, 0.3) is 0 Å². The predicted molar refractivity (Wildman–Crippen MR) is 106 cm³/mol. The summed E-state index contributed by atoms with van der Waals surface area (Å²) in [7, 11) is 0. The summed E-state index contributed by atoms with van der Waals surface area (Å²) in [6.45, 7) is 6.24. The van der Waals surface area contributed by atoms with E-state index in [1.54, 1.807) is 30.3 Å². The molecule has 0 aliphatic rings. The number of nitrogens with one attached hydrogen (secondary N) is 1. The summed E-state index contributed by atoms with van der Waals surface area (Å²) in [4.78, 5) is 19.2. The molecule has 1 N–H and O–H groups in total. The number of ether oxygens (including phenoxy) is 2. The van der Waals surface area contributed by atoms with Gasteiger partial charge in [-0.05, 0) is 56.2 Å². The monoisotopic (exact) mass is 380 g/mol. The van der Waals surface area contributed by atoms with Gasteiger partial charge in [-0.15, -0.1) is 0 Å². The molecule has 1 heterocycles. The first-order chi connectivity index (χ1) is 13.5. The largest absolute Gasteiger partial charge is 0.492 e. The highest BCUT2D eigenvalue weighted by Gasteiger charge is 2.26. The van der Waals surface area contributed by atoms with Crippen molar-refractivity contribution in [2.45, 2.75) is 20.8 Å². The second-order valence-electron chi connectivity index (χ2n) is 6.04. The maximum Gasteiger partial charge on any atom is 0.373 e. The van der Waals surface area contributed by atoms with E-state index in [2.05, 4.69) is 15.3 Å². The minimum Gasteiger partial charge on any atom is -0.492 e. The molecular formula is C20H20N4O4. The van der Waals surface area contributed by atoms with Crippen molar-refractivity contribution in [1.82, 2.24) is 9.97 Å². The van der Waals surface area contributed by atoms with E-state index in [0.29, 0.717) is 23.8 Å². The molecule has 0 saturated heterocycles. The lowest BCUT2D eigenvalue weighted by Crippen LogP contribution is -2.05. The molecule has 1 aromatic heterocycles. The van der Waals surface area contributed by atoms with Crippen LogP contribution in [-0.2, 0) is 0 Å². The van der Waals surface area contributed by atoms with Crippen LogP contribution in [0.3, 0.4) is 0 Å². The molecule has 0 fully saturated rings. The van der Waals surface area contributed by atoms with Crippen molar-refractivity contribution >= 4 is 17.2 Å². The molecule has 3 aromatic rings. The molecule has 0 bridgehead atoms. The van der Waals surface area contributed by atoms with Gasteiger partial charge in [-0.25, -0.2) is 4.98 Å². The third kappa shape index (κ3) is 4.17. The van der Waals surface area contributed by atoms with Crippen LogP contribution in [-0.4, -0.2) is 21.5 Å². The molecule has 0 spiro atoms. The zero-order chi connectivity index (χ0) is 20.1. The third-order valence-corrected chi connectivity index (χ3v) is 4.10. The molecule has 0 saturated carbocycles. The molecule has 0 amide bonds. The average molecular weight is 380 g/mol. The van der Waals surface area contributed by atoms with Gasteiger partial charge in [-0.2, -0.15) is 4.98 Å². The van der Waals surface area contributed by atoms with E-state index in [4.69, 9.17) is 9.47 Å². The third-order valence-electron chi connectivity index (χ3n) is 4.10. The van der Waals surface area contributed by atoms with Gasteiger partial charge < -0.3 is 14.8 Å². The van der Waals surface area contributed by atoms with E-state index < -0.39 is 4.92 Å². The van der Waals surface area contributed by atoms with Crippen LogP contribution in [0.1, 0.15) is 18.1 Å². The molecule has 0 unspecified atom stereocenters. The Balaban J connectivity index is 1.98. The van der Waals surface area contributed by atoms with E-state index in [1.807, 2.05) is 32.9 Å².